The first-order valence-electron chi connectivity index (χ1n) is 5.21. The van der Waals surface area contributed by atoms with Crippen LogP contribution in [0.5, 0.6) is 0 Å². The molecule has 18 heavy (non-hydrogen) atoms. The lowest BCUT2D eigenvalue weighted by molar-refractivity contribution is -0.205. The first-order chi connectivity index (χ1) is 8.27. The minimum Gasteiger partial charge on any atom is -0.480 e. The molecule has 0 aliphatic heterocycles. The van der Waals surface area contributed by atoms with Crippen LogP contribution in [-0.4, -0.2) is 34.3 Å². The normalized spacial score (nSPS) is 15.1. The summed E-state index contributed by atoms with van der Waals surface area (Å²) in [5, 5.41) is 10.7. The Balaban J connectivity index is 2.62. The average molecular weight is 262 g/mol. The fourth-order valence-corrected chi connectivity index (χ4v) is 1.30. The third kappa shape index (κ3) is 3.19. The molecule has 1 aromatic heterocycles. The second-order valence-electron chi connectivity index (χ2n) is 3.97. The van der Waals surface area contributed by atoms with Gasteiger partial charge in [-0.25, -0.2) is 4.79 Å². The summed E-state index contributed by atoms with van der Waals surface area (Å²) < 4.78 is 37.9. The van der Waals surface area contributed by atoms with E-state index in [-0.39, 0.29) is 13.0 Å². The zero-order chi connectivity index (χ0) is 13.8. The number of aromatic nitrogens is 1. The molecular formula is C11H13F3N2O2. The van der Waals surface area contributed by atoms with Gasteiger partial charge in [0.05, 0.1) is 0 Å². The van der Waals surface area contributed by atoms with E-state index in [0.29, 0.717) is 6.92 Å². The van der Waals surface area contributed by atoms with E-state index in [1.807, 2.05) is 5.32 Å². The number of carbonyl (C=O) groups is 1. The Kier molecular flexibility index (Phi) is 4.28. The number of aliphatic carboxylic acids is 1. The number of carboxylic acid groups (broad SMARTS) is 1. The highest BCUT2D eigenvalue weighted by molar-refractivity contribution is 5.79. The van der Waals surface area contributed by atoms with Gasteiger partial charge in [0.25, 0.3) is 0 Å². The fraction of sp³-hybridized carbons (Fsp3) is 0.455. The number of hydrogen-bond donors (Lipinski definition) is 2. The summed E-state index contributed by atoms with van der Waals surface area (Å²) in [5.74, 6) is -1.94. The van der Waals surface area contributed by atoms with Gasteiger partial charge < -0.3 is 5.11 Å². The van der Waals surface area contributed by atoms with Crippen molar-refractivity contribution in [3.8, 4) is 0 Å². The van der Waals surface area contributed by atoms with E-state index in [4.69, 9.17) is 5.11 Å². The molecule has 0 saturated carbocycles. The topological polar surface area (TPSA) is 62.2 Å². The number of rotatable bonds is 5. The van der Waals surface area contributed by atoms with E-state index in [2.05, 4.69) is 4.98 Å². The van der Waals surface area contributed by atoms with Gasteiger partial charge in [0.15, 0.2) is 0 Å². The van der Waals surface area contributed by atoms with Gasteiger partial charge in [0.1, 0.15) is 0 Å². The van der Waals surface area contributed by atoms with Crippen LogP contribution in [0.4, 0.5) is 13.2 Å². The predicted molar refractivity (Wildman–Crippen MR) is 58.0 cm³/mol. The van der Waals surface area contributed by atoms with Crippen molar-refractivity contribution in [1.29, 1.82) is 0 Å². The molecular weight excluding hydrogens is 249 g/mol. The average Bonchev–Trinajstić information content (AvgIpc) is 2.28. The molecule has 0 aromatic carbocycles. The third-order valence-electron chi connectivity index (χ3n) is 2.61. The maximum atomic E-state index is 12.6. The standard InChI is InChI=1S/C11H13F3N2O2/c1-10(9(17)18,11(12,13)14)16-6-4-8-3-2-5-15-7-8/h2-3,5,7,16H,4,6H2,1H3,(H,17,18). The summed E-state index contributed by atoms with van der Waals surface area (Å²) in [6.07, 6.45) is -1.51. The van der Waals surface area contributed by atoms with Crippen molar-refractivity contribution in [2.24, 2.45) is 0 Å². The molecule has 1 rings (SSSR count). The third-order valence-corrected chi connectivity index (χ3v) is 2.61. The van der Waals surface area contributed by atoms with Crippen molar-refractivity contribution in [3.63, 3.8) is 0 Å². The molecule has 0 saturated heterocycles. The van der Waals surface area contributed by atoms with Gasteiger partial charge in [0.2, 0.25) is 5.54 Å². The van der Waals surface area contributed by atoms with Crippen molar-refractivity contribution >= 4 is 5.97 Å². The largest absolute Gasteiger partial charge is 0.480 e. The molecule has 0 fully saturated rings. The maximum absolute atomic E-state index is 12.6. The Labute approximate surface area is 102 Å². The van der Waals surface area contributed by atoms with Crippen molar-refractivity contribution in [1.82, 2.24) is 10.3 Å². The van der Waals surface area contributed by atoms with Gasteiger partial charge in [-0.1, -0.05) is 6.07 Å². The van der Waals surface area contributed by atoms with E-state index in [1.54, 1.807) is 18.3 Å². The molecule has 0 aliphatic rings. The molecule has 1 aromatic rings. The van der Waals surface area contributed by atoms with Crippen LogP contribution in [-0.2, 0) is 11.2 Å². The zero-order valence-electron chi connectivity index (χ0n) is 9.66. The molecule has 7 heteroatoms. The fourth-order valence-electron chi connectivity index (χ4n) is 1.30. The van der Waals surface area contributed by atoms with Crippen LogP contribution in [0.3, 0.4) is 0 Å². The number of pyridine rings is 1. The monoisotopic (exact) mass is 262 g/mol. The number of halogens is 3. The van der Waals surface area contributed by atoms with Gasteiger partial charge in [-0.3, -0.25) is 10.3 Å². The van der Waals surface area contributed by atoms with Crippen molar-refractivity contribution in [2.75, 3.05) is 6.54 Å². The lowest BCUT2D eigenvalue weighted by Gasteiger charge is -2.28. The smallest absolute Gasteiger partial charge is 0.417 e. The maximum Gasteiger partial charge on any atom is 0.417 e. The molecule has 0 amide bonds. The highest BCUT2D eigenvalue weighted by atomic mass is 19.4. The van der Waals surface area contributed by atoms with Gasteiger partial charge in [-0.05, 0) is 25.0 Å². The summed E-state index contributed by atoms with van der Waals surface area (Å²) in [4.78, 5) is 14.5. The highest BCUT2D eigenvalue weighted by Gasteiger charge is 2.56. The van der Waals surface area contributed by atoms with Crippen LogP contribution in [0.1, 0.15) is 12.5 Å². The quantitative estimate of drug-likeness (QED) is 0.846. The summed E-state index contributed by atoms with van der Waals surface area (Å²) in [5.41, 5.74) is -2.20. The van der Waals surface area contributed by atoms with Gasteiger partial charge in [0, 0.05) is 18.9 Å². The van der Waals surface area contributed by atoms with Crippen LogP contribution in [0.15, 0.2) is 24.5 Å². The molecule has 4 nitrogen and oxygen atoms in total. The lowest BCUT2D eigenvalue weighted by atomic mass is 10.0. The summed E-state index contributed by atoms with van der Waals surface area (Å²) in [6.45, 7) is 0.507. The molecule has 0 spiro atoms. The number of hydrogen-bond acceptors (Lipinski definition) is 3. The summed E-state index contributed by atoms with van der Waals surface area (Å²) in [6, 6.07) is 3.37. The molecule has 1 heterocycles. The second-order valence-corrected chi connectivity index (χ2v) is 3.97. The molecule has 2 N–H and O–H groups in total. The lowest BCUT2D eigenvalue weighted by Crippen LogP contribution is -2.60. The molecule has 1 atom stereocenters. The van der Waals surface area contributed by atoms with Crippen LogP contribution < -0.4 is 5.32 Å². The minimum atomic E-state index is -4.85. The van der Waals surface area contributed by atoms with Crippen molar-refractivity contribution in [2.45, 2.75) is 25.1 Å². The van der Waals surface area contributed by atoms with Crippen LogP contribution in [0.25, 0.3) is 0 Å². The molecule has 1 unspecified atom stereocenters. The Morgan fingerprint density at radius 3 is 2.61 bits per heavy atom. The minimum absolute atomic E-state index is 0.103. The summed E-state index contributed by atoms with van der Waals surface area (Å²) >= 11 is 0. The molecule has 0 aliphatic carbocycles. The van der Waals surface area contributed by atoms with Crippen LogP contribution >= 0.6 is 0 Å². The predicted octanol–water partition coefficient (Wildman–Crippen LogP) is 1.62. The Hall–Kier alpha value is -1.63. The number of nitrogens with one attached hydrogen (secondary N) is 1. The van der Waals surface area contributed by atoms with E-state index in [0.717, 1.165) is 5.56 Å². The second kappa shape index (κ2) is 5.34. The van der Waals surface area contributed by atoms with Crippen LogP contribution in [0, 0.1) is 0 Å². The Morgan fingerprint density at radius 2 is 2.17 bits per heavy atom. The number of alkyl halides is 3. The zero-order valence-corrected chi connectivity index (χ0v) is 9.66. The SMILES string of the molecule is CC(NCCc1cccnc1)(C(=O)O)C(F)(F)F. The molecule has 0 bridgehead atoms. The molecule has 100 valence electrons. The Bertz CT molecular complexity index is 408. The number of nitrogens with zero attached hydrogens (tertiary/aromatic N) is 1. The van der Waals surface area contributed by atoms with Crippen LogP contribution in [0.2, 0.25) is 0 Å². The first kappa shape index (κ1) is 14.4. The van der Waals surface area contributed by atoms with E-state index < -0.39 is 17.7 Å². The first-order valence-corrected chi connectivity index (χ1v) is 5.21. The highest BCUT2D eigenvalue weighted by Crippen LogP contribution is 2.30. The van der Waals surface area contributed by atoms with E-state index >= 15 is 0 Å². The van der Waals surface area contributed by atoms with Gasteiger partial charge in [-0.15, -0.1) is 0 Å². The number of carboxylic acids is 1. The summed E-state index contributed by atoms with van der Waals surface area (Å²) in [7, 11) is 0. The van der Waals surface area contributed by atoms with Gasteiger partial charge in [-0.2, -0.15) is 13.2 Å². The van der Waals surface area contributed by atoms with Crippen molar-refractivity contribution in [3.05, 3.63) is 30.1 Å². The van der Waals surface area contributed by atoms with E-state index in [1.165, 1.54) is 6.20 Å². The molecule has 0 radical (unpaired) electrons. The van der Waals surface area contributed by atoms with Gasteiger partial charge >= 0.3 is 12.1 Å². The van der Waals surface area contributed by atoms with Crippen molar-refractivity contribution < 1.29 is 23.1 Å². The van der Waals surface area contributed by atoms with E-state index in [9.17, 15) is 18.0 Å². The Morgan fingerprint density at radius 1 is 1.50 bits per heavy atom.